The summed E-state index contributed by atoms with van der Waals surface area (Å²) in [6.45, 7) is 13.4. The lowest BCUT2D eigenvalue weighted by Gasteiger charge is -2.27. The second-order valence-electron chi connectivity index (χ2n) is 10.1. The van der Waals surface area contributed by atoms with Gasteiger partial charge in [0.25, 0.3) is 0 Å². The number of halogens is 4. The molecule has 2 heterocycles. The summed E-state index contributed by atoms with van der Waals surface area (Å²) in [5, 5.41) is 3.26. The Morgan fingerprint density at radius 1 is 1.12 bits per heavy atom. The SMILES string of the molecule is C=C(F)C(=O)C(C)CC.CC/C=C(/c1c(N2CCCC2=O)ccnc1Nc1ccc(OC(F)(F)F)cc1)C(CC)CC. The average Bonchev–Trinajstić information content (AvgIpc) is 3.38. The predicted octanol–water partition coefficient (Wildman–Crippen LogP) is 9.16. The molecule has 3 rings (SSSR count). The molecule has 1 aliphatic rings. The highest BCUT2D eigenvalue weighted by Gasteiger charge is 2.31. The zero-order valence-corrected chi connectivity index (χ0v) is 25.0. The van der Waals surface area contributed by atoms with Gasteiger partial charge in [0.1, 0.15) is 11.6 Å². The fourth-order valence-electron chi connectivity index (χ4n) is 4.71. The maximum atomic E-state index is 12.6. The first-order valence-electron chi connectivity index (χ1n) is 14.4. The number of rotatable bonds is 12. The molecule has 1 aromatic carbocycles. The van der Waals surface area contributed by atoms with Crippen LogP contribution in [-0.2, 0) is 9.59 Å². The van der Waals surface area contributed by atoms with Crippen LogP contribution in [0.2, 0.25) is 0 Å². The van der Waals surface area contributed by atoms with E-state index < -0.39 is 18.0 Å². The number of benzene rings is 1. The fourth-order valence-corrected chi connectivity index (χ4v) is 4.71. The molecule has 42 heavy (non-hydrogen) atoms. The molecular formula is C32H41F4N3O3. The summed E-state index contributed by atoms with van der Waals surface area (Å²) in [6, 6.07) is 7.41. The van der Waals surface area contributed by atoms with E-state index in [1.807, 2.05) is 17.9 Å². The molecule has 6 nitrogen and oxygen atoms in total. The van der Waals surface area contributed by atoms with Crippen LogP contribution in [0.1, 0.15) is 78.7 Å². The van der Waals surface area contributed by atoms with E-state index in [-0.39, 0.29) is 23.5 Å². The second-order valence-corrected chi connectivity index (χ2v) is 10.1. The van der Waals surface area contributed by atoms with Crippen LogP contribution in [-0.4, -0.2) is 29.6 Å². The Morgan fingerprint density at radius 2 is 1.76 bits per heavy atom. The molecule has 230 valence electrons. The van der Waals surface area contributed by atoms with Crippen LogP contribution in [0.5, 0.6) is 5.75 Å². The molecule has 1 unspecified atom stereocenters. The van der Waals surface area contributed by atoms with Crippen molar-refractivity contribution < 1.29 is 31.9 Å². The van der Waals surface area contributed by atoms with Gasteiger partial charge in [0.2, 0.25) is 5.91 Å². The van der Waals surface area contributed by atoms with Gasteiger partial charge in [-0.25, -0.2) is 9.37 Å². The van der Waals surface area contributed by atoms with Crippen molar-refractivity contribution in [2.24, 2.45) is 11.8 Å². The third-order valence-corrected chi connectivity index (χ3v) is 7.11. The lowest BCUT2D eigenvalue weighted by Crippen LogP contribution is -2.25. The molecule has 1 N–H and O–H groups in total. The summed E-state index contributed by atoms with van der Waals surface area (Å²) in [4.78, 5) is 29.6. The van der Waals surface area contributed by atoms with Crippen molar-refractivity contribution in [2.75, 3.05) is 16.8 Å². The number of hydrogen-bond donors (Lipinski definition) is 1. The van der Waals surface area contributed by atoms with Crippen LogP contribution in [0.15, 0.2) is 55.0 Å². The number of nitrogens with zero attached hydrogens (tertiary/aromatic N) is 2. The number of Topliss-reactive ketones (excluding diaryl/α,β-unsaturated/α-hetero) is 1. The molecule has 2 aromatic rings. The Labute approximate surface area is 245 Å². The van der Waals surface area contributed by atoms with Gasteiger partial charge in [0.15, 0.2) is 11.6 Å². The monoisotopic (exact) mass is 591 g/mol. The maximum absolute atomic E-state index is 12.6. The van der Waals surface area contributed by atoms with Gasteiger partial charge in [0, 0.05) is 36.3 Å². The van der Waals surface area contributed by atoms with Crippen LogP contribution >= 0.6 is 0 Å². The smallest absolute Gasteiger partial charge is 0.406 e. The zero-order valence-electron chi connectivity index (χ0n) is 25.0. The topological polar surface area (TPSA) is 71.5 Å². The Hall–Kier alpha value is -3.69. The minimum atomic E-state index is -4.74. The van der Waals surface area contributed by atoms with E-state index in [9.17, 15) is 27.2 Å². The third-order valence-electron chi connectivity index (χ3n) is 7.11. The number of carbonyl (C=O) groups excluding carboxylic acids is 2. The number of amides is 1. The number of carbonyl (C=O) groups is 2. The van der Waals surface area contributed by atoms with Crippen LogP contribution in [0.3, 0.4) is 0 Å². The van der Waals surface area contributed by atoms with E-state index in [1.54, 1.807) is 13.1 Å². The maximum Gasteiger partial charge on any atom is 0.573 e. The largest absolute Gasteiger partial charge is 0.573 e. The van der Waals surface area contributed by atoms with Crippen LogP contribution in [0.4, 0.5) is 34.8 Å². The molecule has 1 amide bonds. The summed E-state index contributed by atoms with van der Waals surface area (Å²) in [6.07, 6.45) is 3.80. The number of alkyl halides is 3. The van der Waals surface area contributed by atoms with E-state index in [2.05, 4.69) is 48.5 Å². The third kappa shape index (κ3) is 9.70. The van der Waals surface area contributed by atoms with E-state index in [1.165, 1.54) is 24.3 Å². The lowest BCUT2D eigenvalue weighted by atomic mass is 9.86. The minimum Gasteiger partial charge on any atom is -0.406 e. The summed E-state index contributed by atoms with van der Waals surface area (Å²) in [5.41, 5.74) is 3.39. The number of ether oxygens (including phenoxy) is 1. The number of anilines is 3. The van der Waals surface area contributed by atoms with Crippen molar-refractivity contribution in [3.8, 4) is 5.75 Å². The first-order chi connectivity index (χ1) is 19.9. The summed E-state index contributed by atoms with van der Waals surface area (Å²) < 4.78 is 53.4. The molecule has 0 radical (unpaired) electrons. The fraction of sp³-hybridized carbons (Fsp3) is 0.469. The number of pyridine rings is 1. The summed E-state index contributed by atoms with van der Waals surface area (Å²) in [7, 11) is 0. The van der Waals surface area contributed by atoms with Crippen molar-refractivity contribution in [2.45, 2.75) is 79.5 Å². The highest BCUT2D eigenvalue weighted by molar-refractivity contribution is 6.00. The van der Waals surface area contributed by atoms with Gasteiger partial charge in [-0.2, -0.15) is 0 Å². The summed E-state index contributed by atoms with van der Waals surface area (Å²) in [5.74, 6) is -0.870. The average molecular weight is 592 g/mol. The summed E-state index contributed by atoms with van der Waals surface area (Å²) >= 11 is 0. The van der Waals surface area contributed by atoms with Crippen molar-refractivity contribution in [1.29, 1.82) is 0 Å². The minimum absolute atomic E-state index is 0.0856. The molecule has 0 aliphatic carbocycles. The van der Waals surface area contributed by atoms with Gasteiger partial charge in [-0.15, -0.1) is 13.2 Å². The van der Waals surface area contributed by atoms with Crippen molar-refractivity contribution >= 4 is 34.5 Å². The van der Waals surface area contributed by atoms with Crippen LogP contribution in [0, 0.1) is 11.8 Å². The molecule has 1 atom stereocenters. The van der Waals surface area contributed by atoms with Gasteiger partial charge in [-0.3, -0.25) is 9.59 Å². The van der Waals surface area contributed by atoms with Gasteiger partial charge < -0.3 is 15.0 Å². The number of aromatic nitrogens is 1. The molecule has 0 saturated carbocycles. The van der Waals surface area contributed by atoms with Crippen molar-refractivity contribution in [1.82, 2.24) is 4.98 Å². The number of nitrogens with one attached hydrogen (secondary N) is 1. The molecule has 0 spiro atoms. The molecule has 1 saturated heterocycles. The zero-order chi connectivity index (χ0) is 31.4. The Balaban J connectivity index is 0.000000592. The van der Waals surface area contributed by atoms with Gasteiger partial charge in [-0.1, -0.05) is 47.3 Å². The normalized spacial score (nSPS) is 14.4. The standard InChI is InChI=1S/C25H30F3N3O2.C7H11FO/c1-4-8-20(17(5-2)6-3)23-21(31-16-7-9-22(31)32)14-15-29-24(23)30-18-10-12-19(13-11-18)33-25(26,27)28;1-4-5(2)7(9)6(3)8/h8,10-15,17H,4-7,9,16H2,1-3H3,(H,29,30);5H,3-4H2,1-2H3/b20-8+;. The molecule has 1 aliphatic heterocycles. The molecular weight excluding hydrogens is 550 g/mol. The molecule has 10 heteroatoms. The Kier molecular flexibility index (Phi) is 13.2. The first-order valence-corrected chi connectivity index (χ1v) is 14.4. The number of hydrogen-bond acceptors (Lipinski definition) is 5. The van der Waals surface area contributed by atoms with E-state index in [0.717, 1.165) is 42.5 Å². The quantitative estimate of drug-likeness (QED) is 0.197. The van der Waals surface area contributed by atoms with Gasteiger partial charge in [-0.05, 0) is 73.9 Å². The number of allylic oxidation sites excluding steroid dienone is 3. The Bertz CT molecular complexity index is 1240. The van der Waals surface area contributed by atoms with Crippen LogP contribution < -0.4 is 15.0 Å². The first kappa shape index (κ1) is 34.5. The van der Waals surface area contributed by atoms with Crippen molar-refractivity contribution in [3.63, 3.8) is 0 Å². The van der Waals surface area contributed by atoms with E-state index >= 15 is 0 Å². The highest BCUT2D eigenvalue weighted by Crippen LogP contribution is 2.41. The Morgan fingerprint density at radius 3 is 2.21 bits per heavy atom. The van der Waals surface area contributed by atoms with E-state index in [4.69, 9.17) is 0 Å². The van der Waals surface area contributed by atoms with Crippen LogP contribution in [0.25, 0.3) is 5.57 Å². The molecule has 1 aromatic heterocycles. The second kappa shape index (κ2) is 16.1. The van der Waals surface area contributed by atoms with Crippen molar-refractivity contribution in [3.05, 3.63) is 60.6 Å². The molecule has 0 bridgehead atoms. The van der Waals surface area contributed by atoms with Gasteiger partial charge in [0.05, 0.1) is 5.69 Å². The van der Waals surface area contributed by atoms with E-state index in [0.29, 0.717) is 30.9 Å². The number of ketones is 1. The van der Waals surface area contributed by atoms with Gasteiger partial charge >= 0.3 is 6.36 Å². The highest BCUT2D eigenvalue weighted by atomic mass is 19.4. The predicted molar refractivity (Wildman–Crippen MR) is 159 cm³/mol. The molecule has 1 fully saturated rings. The lowest BCUT2D eigenvalue weighted by molar-refractivity contribution is -0.274.